The van der Waals surface area contributed by atoms with Crippen LogP contribution in [-0.4, -0.2) is 22.5 Å². The molecule has 0 saturated carbocycles. The molecule has 0 spiro atoms. The molecule has 2 N–H and O–H groups in total. The Morgan fingerprint density at radius 3 is 3.00 bits per heavy atom. The number of aromatic amines is 1. The molecule has 3 rings (SSSR count). The molecular formula is C18H19N3O2. The summed E-state index contributed by atoms with van der Waals surface area (Å²) in [6.45, 7) is 4.84. The molecule has 0 radical (unpaired) electrons. The Balaban J connectivity index is 1.73. The van der Waals surface area contributed by atoms with Crippen molar-refractivity contribution < 1.29 is 9.53 Å². The van der Waals surface area contributed by atoms with E-state index >= 15 is 0 Å². The molecule has 0 atom stereocenters. The Labute approximate surface area is 134 Å². The Morgan fingerprint density at radius 1 is 1.30 bits per heavy atom. The lowest BCUT2D eigenvalue weighted by Crippen LogP contribution is -2.23. The zero-order valence-electron chi connectivity index (χ0n) is 13.2. The fraction of sp³-hybridized carbons (Fsp3) is 0.222. The van der Waals surface area contributed by atoms with Crippen molar-refractivity contribution in [2.24, 2.45) is 0 Å². The van der Waals surface area contributed by atoms with Gasteiger partial charge in [-0.1, -0.05) is 18.2 Å². The molecule has 118 valence electrons. The van der Waals surface area contributed by atoms with Gasteiger partial charge >= 0.3 is 0 Å². The van der Waals surface area contributed by atoms with Crippen LogP contribution in [0.4, 0.5) is 0 Å². The van der Waals surface area contributed by atoms with Gasteiger partial charge in [-0.15, -0.1) is 0 Å². The standard InChI is InChI=1S/C18H19N3O2/c1-3-23-18-14(5-4-8-19-18)11-20-17(22)16-10-13-7-6-12(2)9-15(13)21-16/h4-10,21H,3,11H2,1-2H3,(H,20,22). The van der Waals surface area contributed by atoms with E-state index in [1.165, 1.54) is 0 Å². The normalized spacial score (nSPS) is 10.7. The molecule has 2 aromatic heterocycles. The van der Waals surface area contributed by atoms with Crippen molar-refractivity contribution in [3.05, 3.63) is 59.4 Å². The number of hydrogen-bond donors (Lipinski definition) is 2. The molecule has 0 saturated heterocycles. The van der Waals surface area contributed by atoms with E-state index in [-0.39, 0.29) is 5.91 Å². The second-order valence-electron chi connectivity index (χ2n) is 5.36. The number of nitrogens with one attached hydrogen (secondary N) is 2. The van der Waals surface area contributed by atoms with Crippen molar-refractivity contribution in [3.8, 4) is 5.88 Å². The quantitative estimate of drug-likeness (QED) is 0.760. The number of H-pyrrole nitrogens is 1. The van der Waals surface area contributed by atoms with E-state index in [1.807, 2.05) is 50.2 Å². The number of benzene rings is 1. The molecular weight excluding hydrogens is 290 g/mol. The third kappa shape index (κ3) is 3.34. The summed E-state index contributed by atoms with van der Waals surface area (Å²) < 4.78 is 5.47. The summed E-state index contributed by atoms with van der Waals surface area (Å²) in [5, 5.41) is 3.92. The lowest BCUT2D eigenvalue weighted by molar-refractivity contribution is 0.0946. The maximum atomic E-state index is 12.3. The number of aromatic nitrogens is 2. The Kier molecular flexibility index (Phi) is 4.28. The van der Waals surface area contributed by atoms with Crippen molar-refractivity contribution in [3.63, 3.8) is 0 Å². The van der Waals surface area contributed by atoms with Crippen molar-refractivity contribution >= 4 is 16.8 Å². The Hall–Kier alpha value is -2.82. The number of carbonyl (C=O) groups excluding carboxylic acids is 1. The first-order chi connectivity index (χ1) is 11.2. The number of carbonyl (C=O) groups is 1. The van der Waals surface area contributed by atoms with E-state index in [4.69, 9.17) is 4.74 Å². The van der Waals surface area contributed by atoms with E-state index in [1.54, 1.807) is 6.20 Å². The first-order valence-corrected chi connectivity index (χ1v) is 7.61. The van der Waals surface area contributed by atoms with Crippen LogP contribution in [0.2, 0.25) is 0 Å². The largest absolute Gasteiger partial charge is 0.478 e. The van der Waals surface area contributed by atoms with Gasteiger partial charge in [-0.25, -0.2) is 4.98 Å². The molecule has 5 nitrogen and oxygen atoms in total. The van der Waals surface area contributed by atoms with E-state index in [2.05, 4.69) is 15.3 Å². The van der Waals surface area contributed by atoms with Crippen molar-refractivity contribution in [2.75, 3.05) is 6.61 Å². The van der Waals surface area contributed by atoms with Crippen LogP contribution < -0.4 is 10.1 Å². The first kappa shape index (κ1) is 15.1. The van der Waals surface area contributed by atoms with Crippen LogP contribution in [-0.2, 0) is 6.54 Å². The maximum Gasteiger partial charge on any atom is 0.267 e. The summed E-state index contributed by atoms with van der Waals surface area (Å²) in [6, 6.07) is 11.6. The third-order valence-corrected chi connectivity index (χ3v) is 3.59. The van der Waals surface area contributed by atoms with Gasteiger partial charge < -0.3 is 15.0 Å². The average molecular weight is 309 g/mol. The smallest absolute Gasteiger partial charge is 0.267 e. The van der Waals surface area contributed by atoms with Crippen LogP contribution in [0.25, 0.3) is 10.9 Å². The number of fused-ring (bicyclic) bond motifs is 1. The summed E-state index contributed by atoms with van der Waals surface area (Å²) in [4.78, 5) is 19.7. The van der Waals surface area contributed by atoms with Crippen LogP contribution in [0, 0.1) is 6.92 Å². The van der Waals surface area contributed by atoms with E-state index in [0.717, 1.165) is 22.0 Å². The minimum Gasteiger partial charge on any atom is -0.478 e. The van der Waals surface area contributed by atoms with Crippen LogP contribution in [0.3, 0.4) is 0 Å². The van der Waals surface area contributed by atoms with Crippen LogP contribution >= 0.6 is 0 Å². The molecule has 5 heteroatoms. The number of aryl methyl sites for hydroxylation is 1. The number of rotatable bonds is 5. The molecule has 0 aliphatic rings. The zero-order valence-corrected chi connectivity index (χ0v) is 13.2. The summed E-state index contributed by atoms with van der Waals surface area (Å²) in [7, 11) is 0. The number of nitrogens with zero attached hydrogens (tertiary/aromatic N) is 1. The summed E-state index contributed by atoms with van der Waals surface area (Å²) in [5.74, 6) is 0.410. The molecule has 0 fully saturated rings. The Bertz CT molecular complexity index is 839. The topological polar surface area (TPSA) is 67.0 Å². The highest BCUT2D eigenvalue weighted by Gasteiger charge is 2.11. The molecule has 0 aliphatic carbocycles. The Morgan fingerprint density at radius 2 is 2.17 bits per heavy atom. The molecule has 0 bridgehead atoms. The fourth-order valence-electron chi connectivity index (χ4n) is 2.46. The molecule has 2 heterocycles. The van der Waals surface area contributed by atoms with Crippen molar-refractivity contribution in [1.82, 2.24) is 15.3 Å². The van der Waals surface area contributed by atoms with Gasteiger partial charge in [0.2, 0.25) is 5.88 Å². The zero-order chi connectivity index (χ0) is 16.2. The second kappa shape index (κ2) is 6.52. The predicted molar refractivity (Wildman–Crippen MR) is 89.6 cm³/mol. The third-order valence-electron chi connectivity index (χ3n) is 3.59. The van der Waals surface area contributed by atoms with E-state index in [9.17, 15) is 4.79 Å². The van der Waals surface area contributed by atoms with Gasteiger partial charge in [-0.2, -0.15) is 0 Å². The van der Waals surface area contributed by atoms with Gasteiger partial charge in [0.05, 0.1) is 6.61 Å². The highest BCUT2D eigenvalue weighted by molar-refractivity contribution is 5.98. The van der Waals surface area contributed by atoms with Gasteiger partial charge in [0, 0.05) is 29.2 Å². The SMILES string of the molecule is CCOc1ncccc1CNC(=O)c1cc2ccc(C)cc2[nH]1. The van der Waals surface area contributed by atoms with Crippen molar-refractivity contribution in [1.29, 1.82) is 0 Å². The molecule has 0 aliphatic heterocycles. The van der Waals surface area contributed by atoms with Gasteiger partial charge in [-0.05, 0) is 37.6 Å². The number of pyridine rings is 1. The minimum absolute atomic E-state index is 0.148. The maximum absolute atomic E-state index is 12.3. The lowest BCUT2D eigenvalue weighted by Gasteiger charge is -2.09. The second-order valence-corrected chi connectivity index (χ2v) is 5.36. The molecule has 1 aromatic carbocycles. The highest BCUT2D eigenvalue weighted by atomic mass is 16.5. The number of ether oxygens (including phenoxy) is 1. The molecule has 23 heavy (non-hydrogen) atoms. The molecule has 3 aromatic rings. The van der Waals surface area contributed by atoms with Gasteiger partial charge in [0.25, 0.3) is 5.91 Å². The molecule has 1 amide bonds. The first-order valence-electron chi connectivity index (χ1n) is 7.61. The van der Waals surface area contributed by atoms with Crippen LogP contribution in [0.5, 0.6) is 5.88 Å². The fourth-order valence-corrected chi connectivity index (χ4v) is 2.46. The van der Waals surface area contributed by atoms with Crippen LogP contribution in [0.15, 0.2) is 42.6 Å². The minimum atomic E-state index is -0.148. The average Bonchev–Trinajstić information content (AvgIpc) is 2.97. The monoisotopic (exact) mass is 309 g/mol. The van der Waals surface area contributed by atoms with Gasteiger partial charge in [0.15, 0.2) is 0 Å². The predicted octanol–water partition coefficient (Wildman–Crippen LogP) is 3.20. The number of hydrogen-bond acceptors (Lipinski definition) is 3. The van der Waals surface area contributed by atoms with Crippen LogP contribution in [0.1, 0.15) is 28.5 Å². The summed E-state index contributed by atoms with van der Waals surface area (Å²) >= 11 is 0. The molecule has 0 unspecified atom stereocenters. The lowest BCUT2D eigenvalue weighted by atomic mass is 10.2. The van der Waals surface area contributed by atoms with Crippen molar-refractivity contribution in [2.45, 2.75) is 20.4 Å². The van der Waals surface area contributed by atoms with Gasteiger partial charge in [-0.3, -0.25) is 4.79 Å². The van der Waals surface area contributed by atoms with E-state index < -0.39 is 0 Å². The number of amides is 1. The summed E-state index contributed by atoms with van der Waals surface area (Å²) in [6.07, 6.45) is 1.68. The highest BCUT2D eigenvalue weighted by Crippen LogP contribution is 2.17. The summed E-state index contributed by atoms with van der Waals surface area (Å²) in [5.41, 5.74) is 3.52. The van der Waals surface area contributed by atoms with Gasteiger partial charge in [0.1, 0.15) is 5.69 Å². The van der Waals surface area contributed by atoms with E-state index in [0.29, 0.717) is 24.7 Å².